The van der Waals surface area contributed by atoms with E-state index in [4.69, 9.17) is 9.47 Å². The van der Waals surface area contributed by atoms with Gasteiger partial charge >= 0.3 is 6.09 Å². The molecule has 6 heteroatoms. The second-order valence-corrected chi connectivity index (χ2v) is 6.67. The predicted octanol–water partition coefficient (Wildman–Crippen LogP) is 2.04. The third-order valence-corrected chi connectivity index (χ3v) is 3.54. The fourth-order valence-corrected chi connectivity index (χ4v) is 2.41. The molecule has 0 radical (unpaired) electrons. The molecule has 0 aromatic heterocycles. The number of methoxy groups -OCH3 is 1. The lowest BCUT2D eigenvalue weighted by Crippen LogP contribution is -2.41. The number of hydrogen-bond donors (Lipinski definition) is 2. The van der Waals surface area contributed by atoms with Crippen LogP contribution in [0.25, 0.3) is 0 Å². The molecule has 0 aromatic rings. The molecule has 1 rings (SSSR count). The Bertz CT molecular complexity index is 344. The number of amides is 2. The van der Waals surface area contributed by atoms with Gasteiger partial charge in [-0.25, -0.2) is 4.79 Å². The molecule has 0 heterocycles. The van der Waals surface area contributed by atoms with Crippen LogP contribution in [0.4, 0.5) is 4.79 Å². The van der Waals surface area contributed by atoms with Crippen LogP contribution in [0.1, 0.15) is 46.5 Å². The average Bonchev–Trinajstić information content (AvgIpc) is 2.41. The third-order valence-electron chi connectivity index (χ3n) is 3.54. The first-order valence-corrected chi connectivity index (χ1v) is 7.53. The lowest BCUT2D eigenvalue weighted by molar-refractivity contribution is -0.127. The van der Waals surface area contributed by atoms with Gasteiger partial charge in [0.1, 0.15) is 6.73 Å². The summed E-state index contributed by atoms with van der Waals surface area (Å²) >= 11 is 0. The minimum Gasteiger partial charge on any atom is -0.449 e. The van der Waals surface area contributed by atoms with E-state index in [2.05, 4.69) is 10.6 Å². The van der Waals surface area contributed by atoms with E-state index in [1.54, 1.807) is 7.11 Å². The number of nitrogens with one attached hydrogen (secondary N) is 2. The maximum absolute atomic E-state index is 11.8. The molecule has 1 fully saturated rings. The Kier molecular flexibility index (Phi) is 6.95. The SMILES string of the molecule is COCNC(=O)C1CCC(COC(=O)NC(C)(C)C)CC1. The van der Waals surface area contributed by atoms with E-state index in [1.165, 1.54) is 0 Å². The maximum Gasteiger partial charge on any atom is 0.407 e. The van der Waals surface area contributed by atoms with Crippen LogP contribution < -0.4 is 10.6 Å². The van der Waals surface area contributed by atoms with Crippen molar-refractivity contribution < 1.29 is 19.1 Å². The Morgan fingerprint density at radius 2 is 1.76 bits per heavy atom. The van der Waals surface area contributed by atoms with Crippen LogP contribution in [0, 0.1) is 11.8 Å². The molecule has 2 amide bonds. The van der Waals surface area contributed by atoms with Crippen molar-refractivity contribution in [3.63, 3.8) is 0 Å². The second kappa shape index (κ2) is 8.22. The van der Waals surface area contributed by atoms with Crippen LogP contribution in [0.3, 0.4) is 0 Å². The Morgan fingerprint density at radius 1 is 1.14 bits per heavy atom. The summed E-state index contributed by atoms with van der Waals surface area (Å²) in [4.78, 5) is 23.4. The van der Waals surface area contributed by atoms with Gasteiger partial charge in [-0.2, -0.15) is 0 Å². The minimum atomic E-state index is -0.373. The second-order valence-electron chi connectivity index (χ2n) is 6.67. The van der Waals surface area contributed by atoms with Crippen LogP contribution in [0.15, 0.2) is 0 Å². The summed E-state index contributed by atoms with van der Waals surface area (Å²) in [6.07, 6.45) is 3.12. The van der Waals surface area contributed by atoms with Gasteiger partial charge in [0.05, 0.1) is 6.61 Å². The van der Waals surface area contributed by atoms with E-state index in [-0.39, 0.29) is 30.2 Å². The van der Waals surface area contributed by atoms with E-state index in [1.807, 2.05) is 20.8 Å². The number of alkyl carbamates (subject to hydrolysis) is 1. The summed E-state index contributed by atoms with van der Waals surface area (Å²) < 4.78 is 10.1. The molecule has 1 aliphatic carbocycles. The third kappa shape index (κ3) is 7.32. The summed E-state index contributed by atoms with van der Waals surface area (Å²) in [5.74, 6) is 0.462. The molecule has 2 N–H and O–H groups in total. The van der Waals surface area contributed by atoms with Gasteiger partial charge in [0.25, 0.3) is 0 Å². The first kappa shape index (κ1) is 17.8. The summed E-state index contributed by atoms with van der Waals surface area (Å²) in [5, 5.41) is 5.51. The lowest BCUT2D eigenvalue weighted by atomic mass is 9.82. The summed E-state index contributed by atoms with van der Waals surface area (Å²) in [7, 11) is 1.55. The number of carbonyl (C=O) groups is 2. The molecule has 21 heavy (non-hydrogen) atoms. The van der Waals surface area contributed by atoms with Crippen LogP contribution >= 0.6 is 0 Å². The summed E-state index contributed by atoms with van der Waals surface area (Å²) in [5.41, 5.74) is -0.284. The molecule has 1 saturated carbocycles. The standard InChI is InChI=1S/C15H28N2O4/c1-15(2,3)17-14(19)21-9-11-5-7-12(8-6-11)13(18)16-10-20-4/h11-12H,5-10H2,1-4H3,(H,16,18)(H,17,19). The van der Waals surface area contributed by atoms with Gasteiger partial charge in [0.15, 0.2) is 0 Å². The highest BCUT2D eigenvalue weighted by atomic mass is 16.5. The Morgan fingerprint density at radius 3 is 2.29 bits per heavy atom. The highest BCUT2D eigenvalue weighted by molar-refractivity contribution is 5.78. The molecular formula is C15H28N2O4. The van der Waals surface area contributed by atoms with E-state index in [9.17, 15) is 9.59 Å². The minimum absolute atomic E-state index is 0.0554. The van der Waals surface area contributed by atoms with E-state index in [0.29, 0.717) is 12.5 Å². The van der Waals surface area contributed by atoms with Crippen LogP contribution in [-0.2, 0) is 14.3 Å². The van der Waals surface area contributed by atoms with Crippen molar-refractivity contribution in [3.05, 3.63) is 0 Å². The quantitative estimate of drug-likeness (QED) is 0.762. The zero-order valence-corrected chi connectivity index (χ0v) is 13.5. The normalized spacial score (nSPS) is 22.5. The fraction of sp³-hybridized carbons (Fsp3) is 0.867. The molecule has 0 aliphatic heterocycles. The molecule has 0 aromatic carbocycles. The van der Waals surface area contributed by atoms with Crippen molar-refractivity contribution in [1.29, 1.82) is 0 Å². The Hall–Kier alpha value is -1.30. The first-order chi connectivity index (χ1) is 9.81. The summed E-state index contributed by atoms with van der Waals surface area (Å²) in [6, 6.07) is 0. The number of ether oxygens (including phenoxy) is 2. The predicted molar refractivity (Wildman–Crippen MR) is 79.7 cm³/mol. The van der Waals surface area contributed by atoms with Crippen LogP contribution in [0.5, 0.6) is 0 Å². The monoisotopic (exact) mass is 300 g/mol. The van der Waals surface area contributed by atoms with Crippen molar-refractivity contribution >= 4 is 12.0 Å². The van der Waals surface area contributed by atoms with Crippen molar-refractivity contribution in [2.45, 2.75) is 52.0 Å². The first-order valence-electron chi connectivity index (χ1n) is 7.53. The lowest BCUT2D eigenvalue weighted by Gasteiger charge is -2.28. The molecular weight excluding hydrogens is 272 g/mol. The molecule has 0 unspecified atom stereocenters. The molecule has 0 spiro atoms. The smallest absolute Gasteiger partial charge is 0.407 e. The van der Waals surface area contributed by atoms with Gasteiger partial charge in [-0.05, 0) is 52.4 Å². The zero-order chi connectivity index (χ0) is 15.9. The highest BCUT2D eigenvalue weighted by Gasteiger charge is 2.27. The number of rotatable bonds is 5. The molecule has 122 valence electrons. The van der Waals surface area contributed by atoms with Crippen LogP contribution in [-0.4, -0.2) is 38.0 Å². The molecule has 0 atom stereocenters. The number of carbonyl (C=O) groups excluding carboxylic acids is 2. The summed E-state index contributed by atoms with van der Waals surface area (Å²) in [6.45, 7) is 6.43. The van der Waals surface area contributed by atoms with Crippen LogP contribution in [0.2, 0.25) is 0 Å². The van der Waals surface area contributed by atoms with Gasteiger partial charge < -0.3 is 20.1 Å². The van der Waals surface area contributed by atoms with Gasteiger partial charge in [0, 0.05) is 18.6 Å². The van der Waals surface area contributed by atoms with Gasteiger partial charge in [-0.15, -0.1) is 0 Å². The van der Waals surface area contributed by atoms with Crippen molar-refractivity contribution in [2.75, 3.05) is 20.4 Å². The van der Waals surface area contributed by atoms with E-state index < -0.39 is 0 Å². The molecule has 1 aliphatic rings. The topological polar surface area (TPSA) is 76.7 Å². The van der Waals surface area contributed by atoms with Crippen molar-refractivity contribution in [1.82, 2.24) is 10.6 Å². The molecule has 0 bridgehead atoms. The zero-order valence-electron chi connectivity index (χ0n) is 13.5. The molecule has 0 saturated heterocycles. The fourth-order valence-electron chi connectivity index (χ4n) is 2.41. The van der Waals surface area contributed by atoms with Crippen molar-refractivity contribution in [3.8, 4) is 0 Å². The van der Waals surface area contributed by atoms with Gasteiger partial charge in [0.2, 0.25) is 5.91 Å². The van der Waals surface area contributed by atoms with Crippen molar-refractivity contribution in [2.24, 2.45) is 11.8 Å². The van der Waals surface area contributed by atoms with Gasteiger partial charge in [-0.3, -0.25) is 4.79 Å². The largest absolute Gasteiger partial charge is 0.449 e. The molecule has 6 nitrogen and oxygen atoms in total. The van der Waals surface area contributed by atoms with E-state index in [0.717, 1.165) is 25.7 Å². The maximum atomic E-state index is 11.8. The van der Waals surface area contributed by atoms with Gasteiger partial charge in [-0.1, -0.05) is 0 Å². The highest BCUT2D eigenvalue weighted by Crippen LogP contribution is 2.29. The average molecular weight is 300 g/mol. The van der Waals surface area contributed by atoms with E-state index >= 15 is 0 Å². The Labute approximate surface area is 126 Å². The Balaban J connectivity index is 2.21. The number of hydrogen-bond acceptors (Lipinski definition) is 4.